The Labute approximate surface area is 156 Å². The standard InChI is InChI=1S/C20H17Cl2NO2/c1-11-2-5-16(19(24)18(11)22)20(25)23-7-6-15-13(10-23)8-12-3-4-14(21)9-17(12)15/h2-5,9,24H,6-8,10H2,1H3. The maximum Gasteiger partial charge on any atom is 0.257 e. The number of benzene rings is 2. The van der Waals surface area contributed by atoms with Crippen molar-refractivity contribution < 1.29 is 9.90 Å². The lowest BCUT2D eigenvalue weighted by Gasteiger charge is -2.29. The molecule has 0 unspecified atom stereocenters. The Hall–Kier alpha value is -1.97. The van der Waals surface area contributed by atoms with Gasteiger partial charge in [0, 0.05) is 18.1 Å². The molecular formula is C20H17Cl2NO2. The van der Waals surface area contributed by atoms with E-state index in [9.17, 15) is 9.90 Å². The van der Waals surface area contributed by atoms with E-state index in [4.69, 9.17) is 23.2 Å². The third-order valence-electron chi connectivity index (χ3n) is 5.07. The summed E-state index contributed by atoms with van der Waals surface area (Å²) in [6.45, 7) is 3.00. The zero-order chi connectivity index (χ0) is 17.7. The van der Waals surface area contributed by atoms with Crippen molar-refractivity contribution in [2.24, 2.45) is 0 Å². The normalized spacial score (nSPS) is 16.0. The van der Waals surface area contributed by atoms with Crippen LogP contribution >= 0.6 is 23.2 Å². The van der Waals surface area contributed by atoms with Crippen LogP contribution in [0.15, 0.2) is 35.9 Å². The number of carbonyl (C=O) groups is 1. The molecule has 2 aliphatic rings. The van der Waals surface area contributed by atoms with Gasteiger partial charge in [-0.25, -0.2) is 0 Å². The zero-order valence-corrected chi connectivity index (χ0v) is 15.3. The van der Waals surface area contributed by atoms with E-state index in [1.807, 2.05) is 12.1 Å². The first-order chi connectivity index (χ1) is 12.0. The van der Waals surface area contributed by atoms with Crippen molar-refractivity contribution in [1.82, 2.24) is 4.90 Å². The molecule has 1 aliphatic heterocycles. The van der Waals surface area contributed by atoms with Crippen molar-refractivity contribution >= 4 is 34.7 Å². The fraction of sp³-hybridized carbons (Fsp3) is 0.250. The molecule has 2 aromatic carbocycles. The van der Waals surface area contributed by atoms with Crippen LogP contribution in [0.25, 0.3) is 5.57 Å². The maximum atomic E-state index is 12.9. The minimum Gasteiger partial charge on any atom is -0.506 e. The average molecular weight is 374 g/mol. The third kappa shape index (κ3) is 2.72. The molecule has 1 N–H and O–H groups in total. The maximum absolute atomic E-state index is 12.9. The number of nitrogens with zero attached hydrogens (tertiary/aromatic N) is 1. The lowest BCUT2D eigenvalue weighted by molar-refractivity contribution is 0.0764. The van der Waals surface area contributed by atoms with Gasteiger partial charge in [-0.05, 0) is 65.8 Å². The number of carbonyl (C=O) groups excluding carboxylic acids is 1. The lowest BCUT2D eigenvalue weighted by atomic mass is 9.98. The number of phenols is 1. The quantitative estimate of drug-likeness (QED) is 0.774. The summed E-state index contributed by atoms with van der Waals surface area (Å²) in [6, 6.07) is 9.40. The Morgan fingerprint density at radius 3 is 2.80 bits per heavy atom. The molecule has 25 heavy (non-hydrogen) atoms. The first-order valence-electron chi connectivity index (χ1n) is 8.22. The minimum atomic E-state index is -0.181. The molecule has 1 amide bonds. The highest BCUT2D eigenvalue weighted by atomic mass is 35.5. The number of fused-ring (bicyclic) bond motifs is 2. The Morgan fingerprint density at radius 1 is 1.20 bits per heavy atom. The van der Waals surface area contributed by atoms with Gasteiger partial charge in [-0.1, -0.05) is 35.3 Å². The molecule has 1 heterocycles. The number of hydrogen-bond acceptors (Lipinski definition) is 2. The van der Waals surface area contributed by atoms with E-state index in [0.29, 0.717) is 13.1 Å². The Bertz CT molecular complexity index is 934. The molecule has 0 aromatic heterocycles. The molecule has 0 saturated heterocycles. The van der Waals surface area contributed by atoms with Crippen molar-refractivity contribution in [2.75, 3.05) is 13.1 Å². The number of amides is 1. The van der Waals surface area contributed by atoms with Gasteiger partial charge in [0.1, 0.15) is 5.75 Å². The fourth-order valence-electron chi connectivity index (χ4n) is 3.71. The molecular weight excluding hydrogens is 357 g/mol. The number of aromatic hydroxyl groups is 1. The van der Waals surface area contributed by atoms with Gasteiger partial charge in [-0.3, -0.25) is 4.79 Å². The predicted molar refractivity (Wildman–Crippen MR) is 100 cm³/mol. The number of rotatable bonds is 1. The largest absolute Gasteiger partial charge is 0.506 e. The van der Waals surface area contributed by atoms with Crippen molar-refractivity contribution in [1.29, 1.82) is 0 Å². The summed E-state index contributed by atoms with van der Waals surface area (Å²) in [5.41, 5.74) is 6.07. The molecule has 0 saturated carbocycles. The van der Waals surface area contributed by atoms with Crippen LogP contribution in [0.2, 0.25) is 10.0 Å². The topological polar surface area (TPSA) is 40.5 Å². The fourth-order valence-corrected chi connectivity index (χ4v) is 4.05. The van der Waals surface area contributed by atoms with Crippen molar-refractivity contribution in [2.45, 2.75) is 19.8 Å². The van der Waals surface area contributed by atoms with Gasteiger partial charge in [-0.15, -0.1) is 0 Å². The van der Waals surface area contributed by atoms with Crippen molar-refractivity contribution in [3.63, 3.8) is 0 Å². The first kappa shape index (κ1) is 16.5. The van der Waals surface area contributed by atoms with Gasteiger partial charge >= 0.3 is 0 Å². The van der Waals surface area contributed by atoms with Gasteiger partial charge in [-0.2, -0.15) is 0 Å². The molecule has 0 spiro atoms. The van der Waals surface area contributed by atoms with E-state index < -0.39 is 0 Å². The SMILES string of the molecule is Cc1ccc(C(=O)N2CCC3=C(Cc4ccc(Cl)cc43)C2)c(O)c1Cl. The number of aryl methyl sites for hydroxylation is 1. The Morgan fingerprint density at radius 2 is 2.00 bits per heavy atom. The molecule has 128 valence electrons. The van der Waals surface area contributed by atoms with E-state index >= 15 is 0 Å². The lowest BCUT2D eigenvalue weighted by Crippen LogP contribution is -2.36. The summed E-state index contributed by atoms with van der Waals surface area (Å²) in [5.74, 6) is -0.312. The monoisotopic (exact) mass is 373 g/mol. The van der Waals surface area contributed by atoms with E-state index in [0.717, 1.165) is 23.4 Å². The van der Waals surface area contributed by atoms with Gasteiger partial charge in [0.15, 0.2) is 0 Å². The molecule has 5 heteroatoms. The van der Waals surface area contributed by atoms with Crippen LogP contribution < -0.4 is 0 Å². The molecule has 0 bridgehead atoms. The minimum absolute atomic E-state index is 0.132. The highest BCUT2D eigenvalue weighted by Gasteiger charge is 2.30. The van der Waals surface area contributed by atoms with E-state index in [2.05, 4.69) is 6.07 Å². The number of halogens is 2. The van der Waals surface area contributed by atoms with Gasteiger partial charge in [0.05, 0.1) is 10.6 Å². The molecule has 0 atom stereocenters. The molecule has 4 rings (SSSR count). The second kappa shape index (κ2) is 6.08. The van der Waals surface area contributed by atoms with Crippen LogP contribution in [-0.2, 0) is 6.42 Å². The van der Waals surface area contributed by atoms with E-state index in [1.54, 1.807) is 24.0 Å². The van der Waals surface area contributed by atoms with Gasteiger partial charge < -0.3 is 10.0 Å². The molecule has 3 nitrogen and oxygen atoms in total. The van der Waals surface area contributed by atoms with Crippen LogP contribution in [0.3, 0.4) is 0 Å². The van der Waals surface area contributed by atoms with Crippen LogP contribution in [0, 0.1) is 6.92 Å². The summed E-state index contributed by atoms with van der Waals surface area (Å²) >= 11 is 12.2. The van der Waals surface area contributed by atoms with Crippen LogP contribution in [-0.4, -0.2) is 29.0 Å². The first-order valence-corrected chi connectivity index (χ1v) is 8.98. The van der Waals surface area contributed by atoms with Crippen molar-refractivity contribution in [3.8, 4) is 5.75 Å². The summed E-state index contributed by atoms with van der Waals surface area (Å²) in [7, 11) is 0. The molecule has 1 aliphatic carbocycles. The van der Waals surface area contributed by atoms with E-state index in [-0.39, 0.29) is 22.2 Å². The average Bonchev–Trinajstić information content (AvgIpc) is 2.96. The van der Waals surface area contributed by atoms with Crippen LogP contribution in [0.1, 0.15) is 33.5 Å². The van der Waals surface area contributed by atoms with Crippen molar-refractivity contribution in [3.05, 3.63) is 68.2 Å². The van der Waals surface area contributed by atoms with Gasteiger partial charge in [0.2, 0.25) is 0 Å². The number of phenolic OH excluding ortho intramolecular Hbond substituents is 1. The predicted octanol–water partition coefficient (Wildman–Crippen LogP) is 4.86. The van der Waals surface area contributed by atoms with Crippen LogP contribution in [0.4, 0.5) is 0 Å². The smallest absolute Gasteiger partial charge is 0.257 e. The summed E-state index contributed by atoms with van der Waals surface area (Å²) in [4.78, 5) is 14.6. The van der Waals surface area contributed by atoms with E-state index in [1.165, 1.54) is 22.3 Å². The summed E-state index contributed by atoms with van der Waals surface area (Å²) < 4.78 is 0. The zero-order valence-electron chi connectivity index (χ0n) is 13.8. The molecule has 2 aromatic rings. The molecule has 0 radical (unpaired) electrons. The summed E-state index contributed by atoms with van der Waals surface area (Å²) in [6.07, 6.45) is 1.65. The van der Waals surface area contributed by atoms with Gasteiger partial charge in [0.25, 0.3) is 5.91 Å². The second-order valence-corrected chi connectivity index (χ2v) is 7.44. The highest BCUT2D eigenvalue weighted by Crippen LogP contribution is 2.40. The highest BCUT2D eigenvalue weighted by molar-refractivity contribution is 6.33. The Balaban J connectivity index is 1.61. The van der Waals surface area contributed by atoms with Crippen LogP contribution in [0.5, 0.6) is 5.75 Å². The summed E-state index contributed by atoms with van der Waals surface area (Å²) in [5, 5.41) is 11.2. The molecule has 0 fully saturated rings. The number of hydrogen-bond donors (Lipinski definition) is 1. The third-order valence-corrected chi connectivity index (χ3v) is 5.78. The Kier molecular flexibility index (Phi) is 4.01. The second-order valence-electron chi connectivity index (χ2n) is 6.63.